The first-order valence-corrected chi connectivity index (χ1v) is 5.55. The molecule has 18 heavy (non-hydrogen) atoms. The van der Waals surface area contributed by atoms with Gasteiger partial charge in [0.1, 0.15) is 18.1 Å². The maximum Gasteiger partial charge on any atom is 0.174 e. The van der Waals surface area contributed by atoms with Crippen molar-refractivity contribution in [3.05, 3.63) is 41.3 Å². The molecule has 1 aromatic carbocycles. The molecule has 2 aromatic rings. The number of hydrogen-bond acceptors (Lipinski definition) is 5. The van der Waals surface area contributed by atoms with Crippen LogP contribution in [0.2, 0.25) is 0 Å². The second-order valence-corrected chi connectivity index (χ2v) is 3.86. The van der Waals surface area contributed by atoms with Crippen molar-refractivity contribution in [1.82, 2.24) is 5.16 Å². The lowest BCUT2D eigenvalue weighted by Crippen LogP contribution is -1.98. The average molecular weight is 249 g/mol. The van der Waals surface area contributed by atoms with Gasteiger partial charge in [-0.3, -0.25) is 0 Å². The van der Waals surface area contributed by atoms with E-state index in [2.05, 4.69) is 5.16 Å². The third-order valence-corrected chi connectivity index (χ3v) is 2.49. The number of rotatable bonds is 5. The first kappa shape index (κ1) is 12.4. The molecule has 1 aromatic heterocycles. The molecule has 0 radical (unpaired) electrons. The van der Waals surface area contributed by atoms with Crippen molar-refractivity contribution in [3.8, 4) is 11.5 Å². The number of hydrogen-bond donors (Lipinski definition) is 1. The monoisotopic (exact) mass is 249 g/mol. The first-order valence-electron chi connectivity index (χ1n) is 5.55. The molecule has 0 spiro atoms. The van der Waals surface area contributed by atoms with Crippen LogP contribution >= 0.6 is 0 Å². The standard InChI is InChI=1S/C13H15NO4/c1-9-5-12(18-14-9)8-17-13-6-11(16-2)4-3-10(13)7-15/h3-6,15H,7-8H2,1-2H3. The second kappa shape index (κ2) is 5.55. The molecule has 0 bridgehead atoms. The molecule has 0 aliphatic heterocycles. The minimum atomic E-state index is -0.0885. The fraction of sp³-hybridized carbons (Fsp3) is 0.308. The van der Waals surface area contributed by atoms with Crippen LogP contribution < -0.4 is 9.47 Å². The van der Waals surface area contributed by atoms with Gasteiger partial charge in [-0.05, 0) is 19.1 Å². The summed E-state index contributed by atoms with van der Waals surface area (Å²) in [6.45, 7) is 2.02. The van der Waals surface area contributed by atoms with Crippen molar-refractivity contribution in [2.45, 2.75) is 20.1 Å². The molecule has 0 atom stereocenters. The second-order valence-electron chi connectivity index (χ2n) is 3.86. The average Bonchev–Trinajstić information content (AvgIpc) is 2.81. The quantitative estimate of drug-likeness (QED) is 0.878. The topological polar surface area (TPSA) is 64.7 Å². The summed E-state index contributed by atoms with van der Waals surface area (Å²) >= 11 is 0. The number of methoxy groups -OCH3 is 1. The van der Waals surface area contributed by atoms with Gasteiger partial charge < -0.3 is 19.1 Å². The molecular formula is C13H15NO4. The molecule has 96 valence electrons. The maximum absolute atomic E-state index is 9.23. The first-order chi connectivity index (χ1) is 8.72. The van der Waals surface area contributed by atoms with Crippen LogP contribution in [0.15, 0.2) is 28.8 Å². The number of ether oxygens (including phenoxy) is 2. The fourth-order valence-electron chi connectivity index (χ4n) is 1.56. The molecule has 1 heterocycles. The van der Waals surface area contributed by atoms with Crippen LogP contribution in [0.25, 0.3) is 0 Å². The summed E-state index contributed by atoms with van der Waals surface area (Å²) in [5.74, 6) is 1.89. The van der Waals surface area contributed by atoms with Gasteiger partial charge in [-0.1, -0.05) is 5.16 Å². The van der Waals surface area contributed by atoms with E-state index >= 15 is 0 Å². The molecule has 0 saturated heterocycles. The van der Waals surface area contributed by atoms with Gasteiger partial charge in [0.2, 0.25) is 0 Å². The third kappa shape index (κ3) is 2.81. The van der Waals surface area contributed by atoms with Gasteiger partial charge in [0.15, 0.2) is 5.76 Å². The number of aryl methyl sites for hydroxylation is 1. The number of aromatic nitrogens is 1. The van der Waals surface area contributed by atoms with E-state index in [-0.39, 0.29) is 13.2 Å². The van der Waals surface area contributed by atoms with Crippen molar-refractivity contribution in [1.29, 1.82) is 0 Å². The Bertz CT molecular complexity index is 521. The summed E-state index contributed by atoms with van der Waals surface area (Å²) in [6.07, 6.45) is 0. The summed E-state index contributed by atoms with van der Waals surface area (Å²) < 4.78 is 15.8. The zero-order valence-corrected chi connectivity index (χ0v) is 10.3. The molecule has 0 aliphatic carbocycles. The van der Waals surface area contributed by atoms with Crippen molar-refractivity contribution < 1.29 is 19.1 Å². The normalized spacial score (nSPS) is 10.4. The lowest BCUT2D eigenvalue weighted by Gasteiger charge is -2.10. The molecule has 0 aliphatic rings. The largest absolute Gasteiger partial charge is 0.497 e. The van der Waals surface area contributed by atoms with Gasteiger partial charge in [-0.2, -0.15) is 0 Å². The van der Waals surface area contributed by atoms with Crippen molar-refractivity contribution in [3.63, 3.8) is 0 Å². The van der Waals surface area contributed by atoms with E-state index in [9.17, 15) is 5.11 Å². The molecule has 1 N–H and O–H groups in total. The Balaban J connectivity index is 2.11. The SMILES string of the molecule is COc1ccc(CO)c(OCc2cc(C)no2)c1. The van der Waals surface area contributed by atoms with Gasteiger partial charge in [-0.15, -0.1) is 0 Å². The third-order valence-electron chi connectivity index (χ3n) is 2.49. The molecule has 0 amide bonds. The van der Waals surface area contributed by atoms with E-state index in [1.165, 1.54) is 0 Å². The molecule has 5 nitrogen and oxygen atoms in total. The maximum atomic E-state index is 9.23. The van der Waals surface area contributed by atoms with Crippen LogP contribution in [0.3, 0.4) is 0 Å². The minimum absolute atomic E-state index is 0.0885. The fourth-order valence-corrected chi connectivity index (χ4v) is 1.56. The van der Waals surface area contributed by atoms with Gasteiger partial charge >= 0.3 is 0 Å². The summed E-state index contributed by atoms with van der Waals surface area (Å²) in [4.78, 5) is 0. The Morgan fingerprint density at radius 1 is 1.33 bits per heavy atom. The van der Waals surface area contributed by atoms with Crippen LogP contribution in [0.1, 0.15) is 17.0 Å². The number of aliphatic hydroxyl groups excluding tert-OH is 1. The Hall–Kier alpha value is -2.01. The summed E-state index contributed by atoms with van der Waals surface area (Å²) in [5, 5.41) is 13.0. The van der Waals surface area contributed by atoms with E-state index in [0.29, 0.717) is 22.8 Å². The van der Waals surface area contributed by atoms with Gasteiger partial charge in [0, 0.05) is 17.7 Å². The summed E-state index contributed by atoms with van der Waals surface area (Å²) in [5.41, 5.74) is 1.51. The number of aliphatic hydroxyl groups is 1. The lowest BCUT2D eigenvalue weighted by molar-refractivity contribution is 0.232. The number of benzene rings is 1. The minimum Gasteiger partial charge on any atom is -0.497 e. The Morgan fingerprint density at radius 2 is 2.17 bits per heavy atom. The van der Waals surface area contributed by atoms with Gasteiger partial charge in [0.05, 0.1) is 19.4 Å². The highest BCUT2D eigenvalue weighted by atomic mass is 16.5. The Labute approximate surface area is 105 Å². The van der Waals surface area contributed by atoms with Crippen molar-refractivity contribution in [2.24, 2.45) is 0 Å². The molecule has 2 rings (SSSR count). The molecule has 5 heteroatoms. The van der Waals surface area contributed by atoms with Crippen LogP contribution in [-0.2, 0) is 13.2 Å². The molecule has 0 fully saturated rings. The highest BCUT2D eigenvalue weighted by Crippen LogP contribution is 2.25. The van der Waals surface area contributed by atoms with E-state index in [1.54, 1.807) is 31.4 Å². The summed E-state index contributed by atoms with van der Waals surface area (Å²) in [6, 6.07) is 7.07. The van der Waals surface area contributed by atoms with Gasteiger partial charge in [0.25, 0.3) is 0 Å². The Morgan fingerprint density at radius 3 is 2.78 bits per heavy atom. The number of nitrogens with zero attached hydrogens (tertiary/aromatic N) is 1. The Kier molecular flexibility index (Phi) is 3.84. The molecular weight excluding hydrogens is 234 g/mol. The predicted octanol–water partition coefficient (Wildman–Crippen LogP) is 2.06. The van der Waals surface area contributed by atoms with Crippen LogP contribution in [0.5, 0.6) is 11.5 Å². The van der Waals surface area contributed by atoms with E-state index in [0.717, 1.165) is 5.69 Å². The van der Waals surface area contributed by atoms with Crippen molar-refractivity contribution >= 4 is 0 Å². The van der Waals surface area contributed by atoms with E-state index in [4.69, 9.17) is 14.0 Å². The van der Waals surface area contributed by atoms with Crippen LogP contribution in [-0.4, -0.2) is 17.4 Å². The predicted molar refractivity (Wildman–Crippen MR) is 64.5 cm³/mol. The highest BCUT2D eigenvalue weighted by molar-refractivity contribution is 5.40. The van der Waals surface area contributed by atoms with Crippen LogP contribution in [0, 0.1) is 6.92 Å². The van der Waals surface area contributed by atoms with Gasteiger partial charge in [-0.25, -0.2) is 0 Å². The summed E-state index contributed by atoms with van der Waals surface area (Å²) in [7, 11) is 1.58. The zero-order valence-electron chi connectivity index (χ0n) is 10.3. The highest BCUT2D eigenvalue weighted by Gasteiger charge is 2.07. The zero-order chi connectivity index (χ0) is 13.0. The smallest absolute Gasteiger partial charge is 0.174 e. The lowest BCUT2D eigenvalue weighted by atomic mass is 10.2. The molecule has 0 saturated carbocycles. The molecule has 0 unspecified atom stereocenters. The van der Waals surface area contributed by atoms with Crippen molar-refractivity contribution in [2.75, 3.05) is 7.11 Å². The van der Waals surface area contributed by atoms with E-state index < -0.39 is 0 Å². The van der Waals surface area contributed by atoms with Crippen LogP contribution in [0.4, 0.5) is 0 Å². The van der Waals surface area contributed by atoms with E-state index in [1.807, 2.05) is 6.92 Å².